The molecular formula is C14H20N2O3. The average Bonchev–Trinajstić information content (AvgIpc) is 2.36. The molecule has 0 aliphatic carbocycles. The highest BCUT2D eigenvalue weighted by atomic mass is 16.5. The van der Waals surface area contributed by atoms with Crippen LogP contribution in [0.3, 0.4) is 0 Å². The summed E-state index contributed by atoms with van der Waals surface area (Å²) in [6.07, 6.45) is 0.979. The van der Waals surface area contributed by atoms with Crippen molar-refractivity contribution in [3.63, 3.8) is 0 Å². The summed E-state index contributed by atoms with van der Waals surface area (Å²) in [5.74, 6) is 0.0509. The average molecular weight is 264 g/mol. The fraction of sp³-hybridized carbons (Fsp3) is 0.500. The first-order valence-corrected chi connectivity index (χ1v) is 6.53. The zero-order chi connectivity index (χ0) is 13.8. The first-order valence-electron chi connectivity index (χ1n) is 6.53. The van der Waals surface area contributed by atoms with Gasteiger partial charge < -0.3 is 20.5 Å². The van der Waals surface area contributed by atoms with Crippen LogP contribution >= 0.6 is 0 Å². The van der Waals surface area contributed by atoms with Crippen LogP contribution in [0.1, 0.15) is 19.4 Å². The second-order valence-corrected chi connectivity index (χ2v) is 5.02. The molecule has 0 amide bonds. The number of carboxylic acids is 1. The summed E-state index contributed by atoms with van der Waals surface area (Å²) >= 11 is 0. The summed E-state index contributed by atoms with van der Waals surface area (Å²) in [4.78, 5) is 10.5. The van der Waals surface area contributed by atoms with Gasteiger partial charge in [-0.1, -0.05) is 6.07 Å². The molecule has 2 unspecified atom stereocenters. The molecule has 0 saturated carbocycles. The summed E-state index contributed by atoms with van der Waals surface area (Å²) < 4.78 is 5.71. The summed E-state index contributed by atoms with van der Waals surface area (Å²) in [6.45, 7) is 4.81. The zero-order valence-electron chi connectivity index (χ0n) is 11.3. The minimum atomic E-state index is -0.832. The van der Waals surface area contributed by atoms with Gasteiger partial charge >= 0.3 is 5.97 Å². The van der Waals surface area contributed by atoms with Crippen LogP contribution < -0.4 is 15.4 Å². The maximum atomic E-state index is 10.5. The predicted molar refractivity (Wildman–Crippen MR) is 73.8 cm³/mol. The monoisotopic (exact) mass is 264 g/mol. The van der Waals surface area contributed by atoms with E-state index in [2.05, 4.69) is 16.7 Å². The summed E-state index contributed by atoms with van der Waals surface area (Å²) in [6, 6.07) is 6.19. The molecule has 5 nitrogen and oxygen atoms in total. The molecule has 0 aromatic heterocycles. The minimum Gasteiger partial charge on any atom is -0.487 e. The van der Waals surface area contributed by atoms with Gasteiger partial charge in [0.1, 0.15) is 11.9 Å². The molecule has 2 rings (SSSR count). The van der Waals surface area contributed by atoms with Crippen molar-refractivity contribution in [2.45, 2.75) is 32.4 Å². The molecule has 0 fully saturated rings. The van der Waals surface area contributed by atoms with Gasteiger partial charge in [-0.15, -0.1) is 0 Å². The number of anilines is 1. The second-order valence-electron chi connectivity index (χ2n) is 5.02. The lowest BCUT2D eigenvalue weighted by Gasteiger charge is -2.25. The molecule has 0 spiro atoms. The van der Waals surface area contributed by atoms with Gasteiger partial charge in [-0.05, 0) is 38.0 Å². The molecule has 1 aliphatic rings. The number of aliphatic carboxylic acids is 1. The number of rotatable bonds is 5. The Morgan fingerprint density at radius 3 is 3.16 bits per heavy atom. The Balaban J connectivity index is 1.96. The van der Waals surface area contributed by atoms with Crippen LogP contribution in [0.15, 0.2) is 18.2 Å². The molecule has 19 heavy (non-hydrogen) atoms. The normalized spacial score (nSPS) is 18.9. The molecule has 5 heteroatoms. The predicted octanol–water partition coefficient (Wildman–Crippen LogP) is 1.48. The highest BCUT2D eigenvalue weighted by molar-refractivity contribution is 5.69. The Morgan fingerprint density at radius 2 is 2.42 bits per heavy atom. The van der Waals surface area contributed by atoms with Gasteiger partial charge in [-0.3, -0.25) is 4.79 Å². The summed E-state index contributed by atoms with van der Waals surface area (Å²) in [7, 11) is 0. The standard InChI is InChI=1S/C14H20N2O3/c1-9(15-8-14(17)18)5-11-3-4-13-12(6-11)16-7-10(2)19-13/h3-4,6,9-10,15-16H,5,7-8H2,1-2H3,(H,17,18). The van der Waals surface area contributed by atoms with E-state index in [1.165, 1.54) is 0 Å². The summed E-state index contributed by atoms with van der Waals surface area (Å²) in [5, 5.41) is 14.9. The smallest absolute Gasteiger partial charge is 0.317 e. The number of ether oxygens (including phenoxy) is 1. The Hall–Kier alpha value is -1.75. The van der Waals surface area contributed by atoms with Crippen LogP contribution in [-0.4, -0.2) is 36.3 Å². The van der Waals surface area contributed by atoms with Crippen molar-refractivity contribution in [1.29, 1.82) is 0 Å². The highest BCUT2D eigenvalue weighted by Gasteiger charge is 2.16. The second kappa shape index (κ2) is 5.93. The third kappa shape index (κ3) is 3.86. The van der Waals surface area contributed by atoms with Crippen molar-refractivity contribution < 1.29 is 14.6 Å². The van der Waals surface area contributed by atoms with Crippen molar-refractivity contribution in [3.8, 4) is 5.75 Å². The highest BCUT2D eigenvalue weighted by Crippen LogP contribution is 2.30. The van der Waals surface area contributed by atoms with Gasteiger partial charge in [0.15, 0.2) is 0 Å². The van der Waals surface area contributed by atoms with Crippen LogP contribution in [0.25, 0.3) is 0 Å². The van der Waals surface area contributed by atoms with E-state index < -0.39 is 5.97 Å². The number of hydrogen-bond donors (Lipinski definition) is 3. The van der Waals surface area contributed by atoms with Crippen LogP contribution in [-0.2, 0) is 11.2 Å². The number of fused-ring (bicyclic) bond motifs is 1. The first kappa shape index (κ1) is 13.7. The number of carboxylic acid groups (broad SMARTS) is 1. The minimum absolute atomic E-state index is 0.00895. The lowest BCUT2D eigenvalue weighted by molar-refractivity contribution is -0.136. The number of hydrogen-bond acceptors (Lipinski definition) is 4. The van der Waals surface area contributed by atoms with Gasteiger partial charge in [0.2, 0.25) is 0 Å². The fourth-order valence-electron chi connectivity index (χ4n) is 2.14. The van der Waals surface area contributed by atoms with Crippen LogP contribution in [0.5, 0.6) is 5.75 Å². The Labute approximate surface area is 113 Å². The van der Waals surface area contributed by atoms with Crippen LogP contribution in [0.4, 0.5) is 5.69 Å². The van der Waals surface area contributed by atoms with E-state index in [9.17, 15) is 4.79 Å². The molecule has 1 aromatic carbocycles. The molecule has 104 valence electrons. The van der Waals surface area contributed by atoms with Crippen molar-refractivity contribution in [2.75, 3.05) is 18.4 Å². The SMILES string of the molecule is CC(Cc1ccc2c(c1)NCC(C)O2)NCC(=O)O. The van der Waals surface area contributed by atoms with E-state index in [4.69, 9.17) is 9.84 Å². The van der Waals surface area contributed by atoms with Crippen LogP contribution in [0, 0.1) is 0 Å². The summed E-state index contributed by atoms with van der Waals surface area (Å²) in [5.41, 5.74) is 2.18. The van der Waals surface area contributed by atoms with Crippen LogP contribution in [0.2, 0.25) is 0 Å². The maximum Gasteiger partial charge on any atom is 0.317 e. The van der Waals surface area contributed by atoms with Gasteiger partial charge in [0.25, 0.3) is 0 Å². The maximum absolute atomic E-state index is 10.5. The lowest BCUT2D eigenvalue weighted by Crippen LogP contribution is -2.33. The van der Waals surface area contributed by atoms with Gasteiger partial charge in [-0.2, -0.15) is 0 Å². The topological polar surface area (TPSA) is 70.6 Å². The van der Waals surface area contributed by atoms with E-state index in [0.717, 1.165) is 30.0 Å². The zero-order valence-corrected chi connectivity index (χ0v) is 11.3. The third-order valence-corrected chi connectivity index (χ3v) is 3.10. The number of benzene rings is 1. The van der Waals surface area contributed by atoms with Crippen molar-refractivity contribution >= 4 is 11.7 Å². The molecule has 1 aliphatic heterocycles. The largest absolute Gasteiger partial charge is 0.487 e. The Morgan fingerprint density at radius 1 is 1.63 bits per heavy atom. The molecule has 1 aromatic rings. The van der Waals surface area contributed by atoms with Gasteiger partial charge in [-0.25, -0.2) is 0 Å². The third-order valence-electron chi connectivity index (χ3n) is 3.10. The quantitative estimate of drug-likeness (QED) is 0.751. The number of carbonyl (C=O) groups is 1. The molecular weight excluding hydrogens is 244 g/mol. The molecule has 0 radical (unpaired) electrons. The van der Waals surface area contributed by atoms with E-state index in [1.807, 2.05) is 26.0 Å². The molecule has 2 atom stereocenters. The van der Waals surface area contributed by atoms with Crippen molar-refractivity contribution in [2.24, 2.45) is 0 Å². The Bertz CT molecular complexity index is 462. The lowest BCUT2D eigenvalue weighted by atomic mass is 10.1. The van der Waals surface area contributed by atoms with E-state index in [-0.39, 0.29) is 18.7 Å². The fourth-order valence-corrected chi connectivity index (χ4v) is 2.14. The van der Waals surface area contributed by atoms with E-state index >= 15 is 0 Å². The van der Waals surface area contributed by atoms with Gasteiger partial charge in [0.05, 0.1) is 18.8 Å². The molecule has 3 N–H and O–H groups in total. The van der Waals surface area contributed by atoms with Crippen molar-refractivity contribution in [1.82, 2.24) is 5.32 Å². The van der Waals surface area contributed by atoms with Gasteiger partial charge in [0, 0.05) is 6.04 Å². The van der Waals surface area contributed by atoms with E-state index in [0.29, 0.717) is 0 Å². The van der Waals surface area contributed by atoms with Crippen molar-refractivity contribution in [3.05, 3.63) is 23.8 Å². The number of nitrogens with one attached hydrogen (secondary N) is 2. The molecule has 0 saturated heterocycles. The molecule has 1 heterocycles. The molecule has 0 bridgehead atoms. The van der Waals surface area contributed by atoms with E-state index in [1.54, 1.807) is 0 Å². The Kier molecular flexibility index (Phi) is 4.27. The first-order chi connectivity index (χ1) is 9.04.